The van der Waals surface area contributed by atoms with E-state index in [0.717, 1.165) is 23.0 Å². The summed E-state index contributed by atoms with van der Waals surface area (Å²) in [4.78, 5) is 29.1. The Balaban J connectivity index is 1.71. The molecule has 172 valence electrons. The monoisotopic (exact) mass is 472 g/mol. The minimum absolute atomic E-state index is 0.0249. The Bertz CT molecular complexity index is 1290. The van der Waals surface area contributed by atoms with Crippen LogP contribution in [0.25, 0.3) is 0 Å². The maximum Gasteiger partial charge on any atom is 0.255 e. The van der Waals surface area contributed by atoms with E-state index >= 15 is 0 Å². The molecule has 0 spiro atoms. The van der Waals surface area contributed by atoms with Gasteiger partial charge in [0.25, 0.3) is 11.5 Å². The molecule has 1 aliphatic rings. The zero-order valence-corrected chi connectivity index (χ0v) is 18.5. The highest BCUT2D eigenvalue weighted by atomic mass is 32.2. The smallest absolute Gasteiger partial charge is 0.255 e. The number of primary amides is 1. The van der Waals surface area contributed by atoms with Crippen molar-refractivity contribution in [3.8, 4) is 0 Å². The van der Waals surface area contributed by atoms with E-state index in [1.165, 1.54) is 31.4 Å². The third-order valence-corrected chi connectivity index (χ3v) is 5.87. The molecule has 2 heterocycles. The van der Waals surface area contributed by atoms with Gasteiger partial charge in [-0.1, -0.05) is 6.07 Å². The van der Waals surface area contributed by atoms with Crippen molar-refractivity contribution in [1.29, 1.82) is 0 Å². The molecule has 2 aromatic heterocycles. The van der Waals surface area contributed by atoms with Crippen LogP contribution in [0, 0.1) is 11.6 Å². The number of rotatable bonds is 8. The zero-order valence-electron chi connectivity index (χ0n) is 17.7. The third-order valence-electron chi connectivity index (χ3n) is 5.55. The van der Waals surface area contributed by atoms with Crippen LogP contribution in [-0.2, 0) is 13.5 Å². The van der Waals surface area contributed by atoms with Gasteiger partial charge in [-0.3, -0.25) is 24.0 Å². The van der Waals surface area contributed by atoms with E-state index < -0.39 is 23.1 Å². The number of anilines is 3. The molecule has 0 bridgehead atoms. The molecule has 4 rings (SSSR count). The Morgan fingerprint density at radius 2 is 2.00 bits per heavy atom. The second kappa shape index (κ2) is 9.20. The van der Waals surface area contributed by atoms with Gasteiger partial charge in [0.05, 0.1) is 11.3 Å². The van der Waals surface area contributed by atoms with Crippen LogP contribution in [-0.4, -0.2) is 15.5 Å². The number of pyridine rings is 2. The summed E-state index contributed by atoms with van der Waals surface area (Å²) in [6, 6.07) is 7.56. The number of nitrogens with two attached hydrogens (primary N) is 2. The van der Waals surface area contributed by atoms with E-state index in [4.69, 9.17) is 10.9 Å². The third kappa shape index (κ3) is 4.69. The molecule has 1 aliphatic carbocycles. The Morgan fingerprint density at radius 1 is 1.24 bits per heavy atom. The SMILES string of the molecule is Cn1c(Nc2ccc(C3CC3)cc2F)c(C(N)=O)cc(Cc2ccnc(NSN)c2F)c1=O. The van der Waals surface area contributed by atoms with Crippen LogP contribution in [0.1, 0.15) is 45.8 Å². The number of hydrogen-bond donors (Lipinski definition) is 4. The second-order valence-electron chi connectivity index (χ2n) is 7.83. The molecule has 33 heavy (non-hydrogen) atoms. The summed E-state index contributed by atoms with van der Waals surface area (Å²) in [5.41, 5.74) is 6.38. The number of carbonyl (C=O) groups is 1. The van der Waals surface area contributed by atoms with Crippen LogP contribution < -0.4 is 26.5 Å². The van der Waals surface area contributed by atoms with Crippen molar-refractivity contribution < 1.29 is 13.6 Å². The normalized spacial score (nSPS) is 13.1. The van der Waals surface area contributed by atoms with E-state index in [1.807, 2.05) is 6.07 Å². The maximum absolute atomic E-state index is 14.7. The summed E-state index contributed by atoms with van der Waals surface area (Å²) in [6.07, 6.45) is 3.33. The average Bonchev–Trinajstić information content (AvgIpc) is 3.62. The van der Waals surface area contributed by atoms with Crippen molar-refractivity contribution in [3.63, 3.8) is 0 Å². The van der Waals surface area contributed by atoms with E-state index in [2.05, 4.69) is 15.0 Å². The fourth-order valence-corrected chi connectivity index (χ4v) is 3.90. The highest BCUT2D eigenvalue weighted by Gasteiger charge is 2.25. The lowest BCUT2D eigenvalue weighted by Gasteiger charge is -2.17. The van der Waals surface area contributed by atoms with Gasteiger partial charge in [-0.15, -0.1) is 0 Å². The lowest BCUT2D eigenvalue weighted by atomic mass is 10.0. The summed E-state index contributed by atoms with van der Waals surface area (Å²) < 4.78 is 33.0. The Morgan fingerprint density at radius 3 is 2.64 bits per heavy atom. The largest absolute Gasteiger partial charge is 0.365 e. The molecule has 0 saturated heterocycles. The quantitative estimate of drug-likeness (QED) is 0.370. The lowest BCUT2D eigenvalue weighted by Crippen LogP contribution is -2.28. The van der Waals surface area contributed by atoms with Crippen molar-refractivity contribution in [2.24, 2.45) is 17.9 Å². The summed E-state index contributed by atoms with van der Waals surface area (Å²) >= 11 is 0.687. The van der Waals surface area contributed by atoms with Gasteiger partial charge in [-0.2, -0.15) is 0 Å². The molecule has 1 saturated carbocycles. The van der Waals surface area contributed by atoms with Gasteiger partial charge in [0, 0.05) is 37.4 Å². The van der Waals surface area contributed by atoms with E-state index in [0.29, 0.717) is 18.1 Å². The number of nitrogens with zero attached hydrogens (tertiary/aromatic N) is 2. The van der Waals surface area contributed by atoms with E-state index in [1.54, 1.807) is 6.07 Å². The molecule has 3 aromatic rings. The summed E-state index contributed by atoms with van der Waals surface area (Å²) in [5.74, 6) is -1.63. The number of carbonyl (C=O) groups excluding carboxylic acids is 1. The Labute approximate surface area is 192 Å². The van der Waals surface area contributed by atoms with Gasteiger partial charge >= 0.3 is 0 Å². The number of amides is 1. The molecule has 0 aliphatic heterocycles. The van der Waals surface area contributed by atoms with Gasteiger partial charge in [0.2, 0.25) is 0 Å². The molecule has 0 radical (unpaired) electrons. The van der Waals surface area contributed by atoms with Crippen LogP contribution in [0.3, 0.4) is 0 Å². The van der Waals surface area contributed by atoms with Crippen LogP contribution in [0.5, 0.6) is 0 Å². The van der Waals surface area contributed by atoms with Crippen LogP contribution in [0.15, 0.2) is 41.3 Å². The highest BCUT2D eigenvalue weighted by Crippen LogP contribution is 2.41. The van der Waals surface area contributed by atoms with Crippen molar-refractivity contribution in [2.45, 2.75) is 25.2 Å². The molecule has 1 amide bonds. The van der Waals surface area contributed by atoms with E-state index in [9.17, 15) is 18.4 Å². The first kappa shape index (κ1) is 22.7. The molecular formula is C22H22F2N6O2S. The fraction of sp³-hybridized carbons (Fsp3) is 0.227. The van der Waals surface area contributed by atoms with Crippen molar-refractivity contribution in [3.05, 3.63) is 80.8 Å². The minimum atomic E-state index is -0.818. The van der Waals surface area contributed by atoms with Gasteiger partial charge in [-0.05, 0) is 54.2 Å². The Hall–Kier alpha value is -3.44. The number of halogens is 2. The van der Waals surface area contributed by atoms with E-state index in [-0.39, 0.29) is 40.4 Å². The summed E-state index contributed by atoms with van der Waals surface area (Å²) in [7, 11) is 1.43. The van der Waals surface area contributed by atoms with Crippen LogP contribution >= 0.6 is 12.1 Å². The second-order valence-corrected chi connectivity index (χ2v) is 8.27. The standard InChI is InChI=1S/C22H22F2N6O2S/c1-30-21(28-17-5-4-12(10-16(17)23)11-2-3-11)15(19(25)31)9-14(22(30)32)8-13-6-7-27-20(18(13)24)29-33-26/h4-7,9-11,28H,2-3,8,26H2,1H3,(H2,25,31)(H,27,29). The van der Waals surface area contributed by atoms with Gasteiger partial charge < -0.3 is 11.1 Å². The molecule has 1 fully saturated rings. The zero-order chi connectivity index (χ0) is 23.7. The number of nitrogens with one attached hydrogen (secondary N) is 2. The molecule has 1 aromatic carbocycles. The van der Waals surface area contributed by atoms with Crippen molar-refractivity contribution >= 4 is 35.4 Å². The van der Waals surface area contributed by atoms with Crippen LogP contribution in [0.4, 0.5) is 26.1 Å². The van der Waals surface area contributed by atoms with Crippen molar-refractivity contribution in [1.82, 2.24) is 9.55 Å². The predicted octanol–water partition coefficient (Wildman–Crippen LogP) is 3.30. The predicted molar refractivity (Wildman–Crippen MR) is 124 cm³/mol. The fourth-order valence-electron chi connectivity index (χ4n) is 3.65. The molecule has 8 nitrogen and oxygen atoms in total. The van der Waals surface area contributed by atoms with Gasteiger partial charge in [0.15, 0.2) is 11.6 Å². The van der Waals surface area contributed by atoms with Crippen molar-refractivity contribution in [2.75, 3.05) is 10.0 Å². The molecule has 0 unspecified atom stereocenters. The molecule has 11 heteroatoms. The molecular weight excluding hydrogens is 450 g/mol. The Kier molecular flexibility index (Phi) is 6.34. The molecule has 6 N–H and O–H groups in total. The minimum Gasteiger partial charge on any atom is -0.365 e. The van der Waals surface area contributed by atoms with Crippen LogP contribution in [0.2, 0.25) is 0 Å². The summed E-state index contributed by atoms with van der Waals surface area (Å²) in [5, 5.41) is 8.13. The number of benzene rings is 1. The first-order valence-corrected chi connectivity index (χ1v) is 11.0. The first-order chi connectivity index (χ1) is 15.8. The average molecular weight is 473 g/mol. The topological polar surface area (TPSA) is 128 Å². The lowest BCUT2D eigenvalue weighted by molar-refractivity contribution is 0.100. The number of aromatic nitrogens is 2. The first-order valence-electron chi connectivity index (χ1n) is 10.1. The molecule has 0 atom stereocenters. The van der Waals surface area contributed by atoms with Gasteiger partial charge in [-0.25, -0.2) is 13.8 Å². The number of hydrogen-bond acceptors (Lipinski definition) is 7. The highest BCUT2D eigenvalue weighted by molar-refractivity contribution is 7.98. The maximum atomic E-state index is 14.7. The van der Waals surface area contributed by atoms with Gasteiger partial charge in [0.1, 0.15) is 11.6 Å². The summed E-state index contributed by atoms with van der Waals surface area (Å²) in [6.45, 7) is 0.